The van der Waals surface area contributed by atoms with Crippen LogP contribution in [0.1, 0.15) is 16.8 Å². The molecule has 3 rings (SSSR count). The molecule has 1 aromatic carbocycles. The van der Waals surface area contributed by atoms with Gasteiger partial charge in [0.05, 0.1) is 18.1 Å². The van der Waals surface area contributed by atoms with Gasteiger partial charge in [-0.1, -0.05) is 17.7 Å². The number of amides is 1. The zero-order chi connectivity index (χ0) is 18.0. The summed E-state index contributed by atoms with van der Waals surface area (Å²) in [6.45, 7) is 1.97. The maximum absolute atomic E-state index is 12.5. The number of H-pyrrole nitrogens is 1. The smallest absolute Gasteiger partial charge is 0.242 e. The number of aryl methyl sites for hydroxylation is 1. The van der Waals surface area contributed by atoms with Gasteiger partial charge in [-0.3, -0.25) is 4.79 Å². The Bertz CT molecular complexity index is 907. The van der Waals surface area contributed by atoms with Gasteiger partial charge >= 0.3 is 0 Å². The summed E-state index contributed by atoms with van der Waals surface area (Å²) in [5, 5.41) is 1.16. The molecule has 2 heterocycles. The average molecular weight is 380 g/mol. The number of imidazole rings is 1. The molecule has 0 saturated carbocycles. The van der Waals surface area contributed by atoms with Gasteiger partial charge in [-0.15, -0.1) is 11.6 Å². The maximum atomic E-state index is 12.5. The van der Waals surface area contributed by atoms with Crippen LogP contribution < -0.4 is 4.90 Å². The zero-order valence-corrected chi connectivity index (χ0v) is 15.2. The number of rotatable bonds is 5. The second-order valence-electron chi connectivity index (χ2n) is 6.01. The minimum Gasteiger partial charge on any atom is -0.348 e. The van der Waals surface area contributed by atoms with E-state index in [-0.39, 0.29) is 17.5 Å². The van der Waals surface area contributed by atoms with Gasteiger partial charge in [0.15, 0.2) is 9.84 Å². The third kappa shape index (κ3) is 3.93. The number of halogens is 1. The van der Waals surface area contributed by atoms with Crippen molar-refractivity contribution in [1.82, 2.24) is 9.97 Å². The Morgan fingerprint density at radius 2 is 2.24 bits per heavy atom. The number of carbonyl (C=O) groups excluding carboxylic acids is 1. The highest BCUT2D eigenvalue weighted by Gasteiger charge is 2.32. The largest absolute Gasteiger partial charge is 0.348 e. The van der Waals surface area contributed by atoms with Crippen LogP contribution in [-0.4, -0.2) is 42.0 Å². The Labute approximate surface area is 151 Å². The highest BCUT2D eigenvalue weighted by Crippen LogP contribution is 2.29. The van der Waals surface area contributed by atoms with Crippen molar-refractivity contribution in [3.05, 3.63) is 59.0 Å². The molecule has 0 radical (unpaired) electrons. The number of aromatic amines is 1. The SMILES string of the molecule is Cc1ccc(N(C(=O)CCl)C2C=CS(=O)(=O)C2)c(Cc2cnc[nH]2)c1. The highest BCUT2D eigenvalue weighted by atomic mass is 35.5. The summed E-state index contributed by atoms with van der Waals surface area (Å²) in [5.41, 5.74) is 3.52. The average Bonchev–Trinajstić information content (AvgIpc) is 3.19. The van der Waals surface area contributed by atoms with Crippen LogP contribution in [0.25, 0.3) is 0 Å². The first-order valence-corrected chi connectivity index (χ1v) is 10.0. The molecule has 25 heavy (non-hydrogen) atoms. The molecule has 0 spiro atoms. The fraction of sp³-hybridized carbons (Fsp3) is 0.294. The van der Waals surface area contributed by atoms with Crippen LogP contribution in [0.3, 0.4) is 0 Å². The lowest BCUT2D eigenvalue weighted by Crippen LogP contribution is -2.42. The fourth-order valence-electron chi connectivity index (χ4n) is 2.96. The quantitative estimate of drug-likeness (QED) is 0.807. The van der Waals surface area contributed by atoms with Gasteiger partial charge in [-0.05, 0) is 24.6 Å². The standard InChI is InChI=1S/C17H18ClN3O3S/c1-12-2-3-16(13(6-12)7-14-9-19-11-20-14)21(17(22)8-18)15-4-5-25(23,24)10-15/h2-6,9,11,15H,7-8,10H2,1H3,(H,19,20). The molecule has 0 fully saturated rings. The van der Waals surface area contributed by atoms with Gasteiger partial charge in [0, 0.05) is 29.4 Å². The molecule has 1 aliphatic rings. The van der Waals surface area contributed by atoms with E-state index in [1.807, 2.05) is 25.1 Å². The van der Waals surface area contributed by atoms with Crippen molar-refractivity contribution >= 4 is 33.0 Å². The molecule has 1 N–H and O–H groups in total. The van der Waals surface area contributed by atoms with Crippen LogP contribution in [-0.2, 0) is 21.1 Å². The summed E-state index contributed by atoms with van der Waals surface area (Å²) >= 11 is 5.79. The van der Waals surface area contributed by atoms with Crippen LogP contribution >= 0.6 is 11.6 Å². The Hall–Kier alpha value is -2.12. The van der Waals surface area contributed by atoms with E-state index < -0.39 is 15.9 Å². The van der Waals surface area contributed by atoms with Crippen molar-refractivity contribution in [3.8, 4) is 0 Å². The first-order valence-electron chi connectivity index (χ1n) is 7.75. The van der Waals surface area contributed by atoms with Gasteiger partial charge < -0.3 is 9.88 Å². The molecule has 8 heteroatoms. The number of aromatic nitrogens is 2. The number of sulfone groups is 1. The van der Waals surface area contributed by atoms with Crippen molar-refractivity contribution < 1.29 is 13.2 Å². The van der Waals surface area contributed by atoms with Crippen molar-refractivity contribution in [3.63, 3.8) is 0 Å². The van der Waals surface area contributed by atoms with E-state index in [0.717, 1.165) is 22.2 Å². The Kier molecular flexibility index (Phi) is 4.96. The fourth-order valence-corrected chi connectivity index (χ4v) is 4.36. The highest BCUT2D eigenvalue weighted by molar-refractivity contribution is 7.94. The Balaban J connectivity index is 2.04. The van der Waals surface area contributed by atoms with Crippen LogP contribution in [0, 0.1) is 6.92 Å². The second kappa shape index (κ2) is 7.01. The Morgan fingerprint density at radius 3 is 2.84 bits per heavy atom. The summed E-state index contributed by atoms with van der Waals surface area (Å²) in [4.78, 5) is 21.0. The minimum atomic E-state index is -3.29. The van der Waals surface area contributed by atoms with Crippen molar-refractivity contribution in [2.75, 3.05) is 16.5 Å². The van der Waals surface area contributed by atoms with Crippen LogP contribution in [0.15, 0.2) is 42.2 Å². The molecule has 1 unspecified atom stereocenters. The number of benzene rings is 1. The maximum Gasteiger partial charge on any atom is 0.242 e. The third-order valence-corrected chi connectivity index (χ3v) is 5.66. The molecule has 132 valence electrons. The molecular weight excluding hydrogens is 362 g/mol. The summed E-state index contributed by atoms with van der Waals surface area (Å²) in [7, 11) is -3.29. The molecule has 0 bridgehead atoms. The molecule has 6 nitrogen and oxygen atoms in total. The van der Waals surface area contributed by atoms with Crippen LogP contribution in [0.5, 0.6) is 0 Å². The van der Waals surface area contributed by atoms with Crippen molar-refractivity contribution in [2.24, 2.45) is 0 Å². The van der Waals surface area contributed by atoms with E-state index in [2.05, 4.69) is 9.97 Å². The summed E-state index contributed by atoms with van der Waals surface area (Å²) in [5.74, 6) is -0.683. The summed E-state index contributed by atoms with van der Waals surface area (Å²) < 4.78 is 23.6. The predicted octanol–water partition coefficient (Wildman–Crippen LogP) is 2.19. The zero-order valence-electron chi connectivity index (χ0n) is 13.6. The summed E-state index contributed by atoms with van der Waals surface area (Å²) in [6, 6.07) is 5.16. The second-order valence-corrected chi connectivity index (χ2v) is 8.21. The number of alkyl halides is 1. The normalized spacial score (nSPS) is 18.4. The number of nitrogens with zero attached hydrogens (tertiary/aromatic N) is 2. The first-order chi connectivity index (χ1) is 11.9. The van der Waals surface area contributed by atoms with Crippen LogP contribution in [0.4, 0.5) is 5.69 Å². The first kappa shape index (κ1) is 17.7. The number of carbonyl (C=O) groups is 1. The van der Waals surface area contributed by atoms with Gasteiger partial charge in [0.2, 0.25) is 5.91 Å². The van der Waals surface area contributed by atoms with Gasteiger partial charge in [0.1, 0.15) is 5.88 Å². The topological polar surface area (TPSA) is 83.1 Å². The van der Waals surface area contributed by atoms with E-state index in [1.165, 1.54) is 4.90 Å². The molecule has 1 aliphatic heterocycles. The molecule has 0 aliphatic carbocycles. The van der Waals surface area contributed by atoms with Crippen LogP contribution in [0.2, 0.25) is 0 Å². The minimum absolute atomic E-state index is 0.132. The van der Waals surface area contributed by atoms with Gasteiger partial charge in [0.25, 0.3) is 0 Å². The van der Waals surface area contributed by atoms with E-state index in [9.17, 15) is 13.2 Å². The molecule has 1 atom stereocenters. The molecule has 0 saturated heterocycles. The van der Waals surface area contributed by atoms with Gasteiger partial charge in [-0.25, -0.2) is 13.4 Å². The van der Waals surface area contributed by atoms with E-state index in [4.69, 9.17) is 11.6 Å². The van der Waals surface area contributed by atoms with Crippen molar-refractivity contribution in [1.29, 1.82) is 0 Å². The molecule has 2 aromatic rings. The monoisotopic (exact) mass is 379 g/mol. The lowest BCUT2D eigenvalue weighted by atomic mass is 10.0. The molecule has 1 amide bonds. The van der Waals surface area contributed by atoms with E-state index in [1.54, 1.807) is 18.6 Å². The number of hydrogen-bond acceptors (Lipinski definition) is 4. The molecular formula is C17H18ClN3O3S. The summed E-state index contributed by atoms with van der Waals surface area (Å²) in [6.07, 6.45) is 5.41. The third-order valence-electron chi connectivity index (χ3n) is 4.06. The lowest BCUT2D eigenvalue weighted by Gasteiger charge is -2.29. The van der Waals surface area contributed by atoms with Crippen molar-refractivity contribution in [2.45, 2.75) is 19.4 Å². The van der Waals surface area contributed by atoms with E-state index in [0.29, 0.717) is 12.1 Å². The van der Waals surface area contributed by atoms with Gasteiger partial charge in [-0.2, -0.15) is 0 Å². The molecule has 1 aromatic heterocycles. The van der Waals surface area contributed by atoms with E-state index >= 15 is 0 Å². The Morgan fingerprint density at radius 1 is 1.44 bits per heavy atom. The number of anilines is 1. The number of nitrogens with one attached hydrogen (secondary N) is 1. The number of hydrogen-bond donors (Lipinski definition) is 1. The predicted molar refractivity (Wildman–Crippen MR) is 97.5 cm³/mol. The lowest BCUT2D eigenvalue weighted by molar-refractivity contribution is -0.116.